The first-order valence-corrected chi connectivity index (χ1v) is 14.6. The lowest BCUT2D eigenvalue weighted by Gasteiger charge is -2.36. The fourth-order valence-corrected chi connectivity index (χ4v) is 6.69. The molecule has 1 aliphatic rings. The fraction of sp³-hybridized carbons (Fsp3) is 0.357. The van der Waals surface area contributed by atoms with Crippen LogP contribution in [-0.2, 0) is 9.84 Å². The Morgan fingerprint density at radius 2 is 1.82 bits per heavy atom. The Morgan fingerprint density at radius 3 is 2.41 bits per heavy atom. The molecule has 39 heavy (non-hydrogen) atoms. The predicted molar refractivity (Wildman–Crippen MR) is 148 cm³/mol. The van der Waals surface area contributed by atoms with Crippen LogP contribution < -0.4 is 11.6 Å². The minimum absolute atomic E-state index is 0.0586. The number of fused-ring (bicyclic) bond motifs is 3. The summed E-state index contributed by atoms with van der Waals surface area (Å²) in [5, 5.41) is 1.98. The van der Waals surface area contributed by atoms with Crippen molar-refractivity contribution in [1.29, 1.82) is 0 Å². The topological polar surface area (TPSA) is 120 Å². The van der Waals surface area contributed by atoms with E-state index in [9.17, 15) is 17.2 Å². The number of sulfone groups is 1. The quantitative estimate of drug-likeness (QED) is 0.258. The molecule has 4 aromatic rings. The number of hydrogen-bond acceptors (Lipinski definition) is 7. The lowest BCUT2D eigenvalue weighted by molar-refractivity contribution is -0.0493. The molecule has 0 spiro atoms. The van der Waals surface area contributed by atoms with Gasteiger partial charge in [0.15, 0.2) is 9.84 Å². The number of rotatable bonds is 6. The van der Waals surface area contributed by atoms with Gasteiger partial charge >= 0.3 is 0 Å². The standard InChI is InChI=1S/C28H32F2N6O2S/c1-17(31)25(35(2)32)20-13-22-24(34-14-20)21-15-33-16-23(39(3,37)38)27(21)36(22)26(18-7-5-4-6-8-18)19-9-11-28(29,30)12-10-19/h4-8,13-16,19,26H,9-12,31-32H2,1-3H3/b25-17-. The maximum absolute atomic E-state index is 14.3. The van der Waals surface area contributed by atoms with Crippen LogP contribution in [0.25, 0.3) is 27.6 Å². The van der Waals surface area contributed by atoms with Crippen LogP contribution in [0.5, 0.6) is 0 Å². The molecular formula is C28H32F2N6O2S. The van der Waals surface area contributed by atoms with Gasteiger partial charge in [-0.05, 0) is 37.3 Å². The molecule has 3 heterocycles. The largest absolute Gasteiger partial charge is 0.401 e. The highest BCUT2D eigenvalue weighted by Crippen LogP contribution is 2.46. The van der Waals surface area contributed by atoms with Gasteiger partial charge in [-0.1, -0.05) is 30.3 Å². The Bertz CT molecular complexity index is 1670. The molecule has 3 aromatic heterocycles. The molecule has 0 aliphatic heterocycles. The average Bonchev–Trinajstić information content (AvgIpc) is 3.18. The number of pyridine rings is 2. The second-order valence-electron chi connectivity index (χ2n) is 10.5. The van der Waals surface area contributed by atoms with Crippen LogP contribution in [0.1, 0.15) is 49.8 Å². The van der Waals surface area contributed by atoms with E-state index in [0.29, 0.717) is 51.7 Å². The molecule has 1 unspecified atom stereocenters. The molecular weight excluding hydrogens is 522 g/mol. The maximum Gasteiger partial charge on any atom is 0.248 e. The van der Waals surface area contributed by atoms with Crippen LogP contribution in [-0.4, -0.2) is 47.2 Å². The number of hydrazine groups is 1. The van der Waals surface area contributed by atoms with Gasteiger partial charge in [0.05, 0.1) is 28.3 Å². The smallest absolute Gasteiger partial charge is 0.248 e. The number of benzene rings is 1. The van der Waals surface area contributed by atoms with Crippen LogP contribution in [0.15, 0.2) is 65.6 Å². The molecule has 206 valence electrons. The molecule has 1 aromatic carbocycles. The third-order valence-electron chi connectivity index (χ3n) is 7.53. The number of nitrogens with zero attached hydrogens (tertiary/aromatic N) is 4. The zero-order valence-corrected chi connectivity index (χ0v) is 22.9. The average molecular weight is 555 g/mol. The van der Waals surface area contributed by atoms with Gasteiger partial charge in [0.25, 0.3) is 0 Å². The molecule has 1 fully saturated rings. The number of alkyl halides is 2. The lowest BCUT2D eigenvalue weighted by atomic mass is 9.79. The van der Waals surface area contributed by atoms with Crippen molar-refractivity contribution in [3.8, 4) is 0 Å². The van der Waals surface area contributed by atoms with Gasteiger partial charge in [0.2, 0.25) is 5.92 Å². The molecule has 0 radical (unpaired) electrons. The van der Waals surface area contributed by atoms with E-state index in [-0.39, 0.29) is 23.7 Å². The second-order valence-corrected chi connectivity index (χ2v) is 12.4. The van der Waals surface area contributed by atoms with Gasteiger partial charge in [0, 0.05) is 61.4 Å². The first kappa shape index (κ1) is 27.0. The maximum atomic E-state index is 14.3. The molecule has 0 saturated heterocycles. The van der Waals surface area contributed by atoms with Crippen molar-refractivity contribution in [2.24, 2.45) is 17.5 Å². The zero-order chi connectivity index (χ0) is 28.1. The third kappa shape index (κ3) is 4.96. The highest BCUT2D eigenvalue weighted by atomic mass is 32.2. The Balaban J connectivity index is 1.90. The normalized spacial score (nSPS) is 17.8. The number of hydrogen-bond donors (Lipinski definition) is 2. The van der Waals surface area contributed by atoms with E-state index in [1.54, 1.807) is 26.4 Å². The summed E-state index contributed by atoms with van der Waals surface area (Å²) in [6.07, 6.45) is 5.87. The van der Waals surface area contributed by atoms with Crippen LogP contribution in [0.2, 0.25) is 0 Å². The molecule has 8 nitrogen and oxygen atoms in total. The summed E-state index contributed by atoms with van der Waals surface area (Å²) in [5.41, 5.74) is 10.4. The van der Waals surface area contributed by atoms with E-state index >= 15 is 0 Å². The van der Waals surface area contributed by atoms with Crippen LogP contribution in [0, 0.1) is 5.92 Å². The van der Waals surface area contributed by atoms with Crippen molar-refractivity contribution < 1.29 is 17.2 Å². The molecule has 0 amide bonds. The molecule has 1 aliphatic carbocycles. The Kier molecular flexibility index (Phi) is 6.84. The number of halogens is 2. The molecule has 11 heteroatoms. The lowest BCUT2D eigenvalue weighted by Crippen LogP contribution is -2.30. The summed E-state index contributed by atoms with van der Waals surface area (Å²) in [6, 6.07) is 11.1. The molecule has 4 N–H and O–H groups in total. The number of allylic oxidation sites excluding steroid dienone is 1. The summed E-state index contributed by atoms with van der Waals surface area (Å²) in [6.45, 7) is 1.74. The SMILES string of the molecule is C/C(N)=C(\c1cnc2c3cncc(S(C)(=O)=O)c3n(C(c3ccccc3)C3CCC(F)(F)CC3)c2c1)N(C)N. The Morgan fingerprint density at radius 1 is 1.15 bits per heavy atom. The minimum Gasteiger partial charge on any atom is -0.401 e. The van der Waals surface area contributed by atoms with Gasteiger partial charge < -0.3 is 15.3 Å². The van der Waals surface area contributed by atoms with Gasteiger partial charge in [-0.2, -0.15) is 0 Å². The van der Waals surface area contributed by atoms with E-state index in [1.807, 2.05) is 41.0 Å². The van der Waals surface area contributed by atoms with Gasteiger partial charge in [-0.3, -0.25) is 9.97 Å². The van der Waals surface area contributed by atoms with Gasteiger partial charge in [-0.25, -0.2) is 23.0 Å². The minimum atomic E-state index is -3.71. The van der Waals surface area contributed by atoms with Crippen LogP contribution >= 0.6 is 0 Å². The van der Waals surface area contributed by atoms with Crippen molar-refractivity contribution in [3.63, 3.8) is 0 Å². The van der Waals surface area contributed by atoms with E-state index in [1.165, 1.54) is 11.2 Å². The van der Waals surface area contributed by atoms with Crippen molar-refractivity contribution in [3.05, 3.63) is 71.8 Å². The van der Waals surface area contributed by atoms with E-state index in [0.717, 1.165) is 11.8 Å². The molecule has 1 saturated carbocycles. The van der Waals surface area contributed by atoms with Crippen molar-refractivity contribution in [2.75, 3.05) is 13.3 Å². The summed E-state index contributed by atoms with van der Waals surface area (Å²) in [5.74, 6) is 3.22. The predicted octanol–water partition coefficient (Wildman–Crippen LogP) is 4.86. The first-order chi connectivity index (χ1) is 18.4. The summed E-state index contributed by atoms with van der Waals surface area (Å²) >= 11 is 0. The molecule has 0 bridgehead atoms. The van der Waals surface area contributed by atoms with E-state index in [4.69, 9.17) is 16.6 Å². The van der Waals surface area contributed by atoms with Gasteiger partial charge in [-0.15, -0.1) is 0 Å². The summed E-state index contributed by atoms with van der Waals surface area (Å²) in [7, 11) is -2.03. The van der Waals surface area contributed by atoms with Crippen molar-refractivity contribution >= 4 is 37.5 Å². The summed E-state index contributed by atoms with van der Waals surface area (Å²) < 4.78 is 56.6. The third-order valence-corrected chi connectivity index (χ3v) is 8.63. The van der Waals surface area contributed by atoms with Crippen LogP contribution in [0.4, 0.5) is 8.78 Å². The molecule has 5 rings (SSSR count). The Labute approximate surface area is 226 Å². The number of nitrogens with two attached hydrogens (primary N) is 2. The highest BCUT2D eigenvalue weighted by molar-refractivity contribution is 7.91. The van der Waals surface area contributed by atoms with Crippen molar-refractivity contribution in [2.45, 2.75) is 49.5 Å². The van der Waals surface area contributed by atoms with Crippen molar-refractivity contribution in [1.82, 2.24) is 19.5 Å². The van der Waals surface area contributed by atoms with Gasteiger partial charge in [0.1, 0.15) is 4.90 Å². The van der Waals surface area contributed by atoms with E-state index < -0.39 is 21.8 Å². The zero-order valence-electron chi connectivity index (χ0n) is 22.1. The molecule has 1 atom stereocenters. The van der Waals surface area contributed by atoms with Crippen LogP contribution in [0.3, 0.4) is 0 Å². The monoisotopic (exact) mass is 554 g/mol. The number of aromatic nitrogens is 3. The summed E-state index contributed by atoms with van der Waals surface area (Å²) in [4.78, 5) is 9.03. The Hall–Kier alpha value is -3.57. The second kappa shape index (κ2) is 9.87. The van der Waals surface area contributed by atoms with E-state index in [2.05, 4.69) is 4.98 Å². The fourth-order valence-electron chi connectivity index (χ4n) is 5.88. The highest BCUT2D eigenvalue weighted by Gasteiger charge is 2.40. The first-order valence-electron chi connectivity index (χ1n) is 12.7.